The topological polar surface area (TPSA) is 74.5 Å². The van der Waals surface area contributed by atoms with Crippen LogP contribution in [0.4, 0.5) is 4.39 Å². The van der Waals surface area contributed by atoms with Gasteiger partial charge in [0, 0.05) is 32.0 Å². The molecule has 0 aliphatic rings. The normalized spacial score (nSPS) is 11.5. The summed E-state index contributed by atoms with van der Waals surface area (Å²) in [5, 5.41) is 19.7. The molecule has 0 atom stereocenters. The van der Waals surface area contributed by atoms with Gasteiger partial charge in [0.15, 0.2) is 17.5 Å². The monoisotopic (exact) mass is 319 g/mol. The molecule has 1 aromatic heterocycles. The number of guanidine groups is 1. The maximum Gasteiger partial charge on any atom is 0.191 e. The molecule has 0 spiro atoms. The van der Waals surface area contributed by atoms with Crippen LogP contribution in [0.3, 0.4) is 0 Å². The molecule has 0 bridgehead atoms. The number of aryl methyl sites for hydroxylation is 1. The van der Waals surface area contributed by atoms with E-state index in [1.807, 2.05) is 23.9 Å². The van der Waals surface area contributed by atoms with Crippen LogP contribution in [0, 0.1) is 5.82 Å². The number of hydrogen-bond acceptors (Lipinski definition) is 3. The molecule has 2 rings (SSSR count). The predicted octanol–water partition coefficient (Wildman–Crippen LogP) is 1.87. The molecule has 6 nitrogen and oxygen atoms in total. The van der Waals surface area contributed by atoms with Crippen molar-refractivity contribution in [2.24, 2.45) is 4.99 Å². The number of nitrogens with zero attached hydrogens (tertiary/aromatic N) is 3. The van der Waals surface area contributed by atoms with Crippen LogP contribution in [-0.2, 0) is 13.1 Å². The Balaban J connectivity index is 1.82. The summed E-state index contributed by atoms with van der Waals surface area (Å²) in [6.45, 7) is 4.67. The van der Waals surface area contributed by atoms with Crippen LogP contribution in [0.5, 0.6) is 5.75 Å². The molecule has 0 saturated heterocycles. The van der Waals surface area contributed by atoms with E-state index in [0.29, 0.717) is 18.1 Å². The lowest BCUT2D eigenvalue weighted by Gasteiger charge is -2.11. The first kappa shape index (κ1) is 16.8. The summed E-state index contributed by atoms with van der Waals surface area (Å²) in [4.78, 5) is 4.41. The van der Waals surface area contributed by atoms with Crippen molar-refractivity contribution in [3.63, 3.8) is 0 Å². The maximum atomic E-state index is 13.3. The Hall–Kier alpha value is -2.57. The lowest BCUT2D eigenvalue weighted by Crippen LogP contribution is -2.38. The predicted molar refractivity (Wildman–Crippen MR) is 87.7 cm³/mol. The zero-order valence-corrected chi connectivity index (χ0v) is 13.2. The minimum absolute atomic E-state index is 0.339. The van der Waals surface area contributed by atoms with Crippen LogP contribution in [0.15, 0.2) is 41.7 Å². The van der Waals surface area contributed by atoms with Crippen molar-refractivity contribution >= 4 is 5.96 Å². The van der Waals surface area contributed by atoms with Gasteiger partial charge in [-0.05, 0) is 37.1 Å². The molecular weight excluding hydrogens is 297 g/mol. The number of halogens is 1. The van der Waals surface area contributed by atoms with Gasteiger partial charge in [-0.25, -0.2) is 9.38 Å². The van der Waals surface area contributed by atoms with Gasteiger partial charge in [0.1, 0.15) is 0 Å². The first-order valence-corrected chi connectivity index (χ1v) is 7.66. The smallest absolute Gasteiger partial charge is 0.191 e. The van der Waals surface area contributed by atoms with Gasteiger partial charge in [-0.3, -0.25) is 4.68 Å². The summed E-state index contributed by atoms with van der Waals surface area (Å²) < 4.78 is 15.2. The van der Waals surface area contributed by atoms with Crippen LogP contribution in [-0.4, -0.2) is 33.9 Å². The highest BCUT2D eigenvalue weighted by Gasteiger charge is 2.02. The number of aromatic hydroxyl groups is 1. The minimum atomic E-state index is -0.630. The average molecular weight is 319 g/mol. The van der Waals surface area contributed by atoms with E-state index in [2.05, 4.69) is 20.7 Å². The van der Waals surface area contributed by atoms with E-state index >= 15 is 0 Å². The number of rotatable bonds is 7. The number of phenolic OH excluding ortho intramolecular Hbond substituents is 1. The molecule has 0 radical (unpaired) electrons. The van der Waals surface area contributed by atoms with Crippen molar-refractivity contribution in [1.82, 2.24) is 20.4 Å². The molecule has 0 aliphatic carbocycles. The third-order valence-corrected chi connectivity index (χ3v) is 3.19. The van der Waals surface area contributed by atoms with Crippen molar-refractivity contribution < 1.29 is 9.50 Å². The lowest BCUT2D eigenvalue weighted by molar-refractivity contribution is 0.432. The Bertz CT molecular complexity index is 627. The van der Waals surface area contributed by atoms with Gasteiger partial charge in [0.2, 0.25) is 0 Å². The number of nitrogens with one attached hydrogen (secondary N) is 2. The minimum Gasteiger partial charge on any atom is -0.505 e. The molecule has 0 aliphatic heterocycles. The second-order valence-electron chi connectivity index (χ2n) is 5.03. The number of phenols is 1. The summed E-state index contributed by atoms with van der Waals surface area (Å²) >= 11 is 0. The number of benzene rings is 1. The van der Waals surface area contributed by atoms with Gasteiger partial charge < -0.3 is 15.7 Å². The molecule has 0 unspecified atom stereocenters. The Morgan fingerprint density at radius 2 is 2.26 bits per heavy atom. The number of hydrogen-bond donors (Lipinski definition) is 3. The van der Waals surface area contributed by atoms with E-state index in [-0.39, 0.29) is 5.75 Å². The van der Waals surface area contributed by atoms with Crippen LogP contribution in [0.1, 0.15) is 18.9 Å². The quantitative estimate of drug-likeness (QED) is 0.414. The molecule has 0 saturated carbocycles. The van der Waals surface area contributed by atoms with E-state index in [9.17, 15) is 9.50 Å². The van der Waals surface area contributed by atoms with Gasteiger partial charge in [-0.1, -0.05) is 6.07 Å². The Morgan fingerprint density at radius 1 is 1.39 bits per heavy atom. The van der Waals surface area contributed by atoms with Crippen molar-refractivity contribution in [3.05, 3.63) is 48.0 Å². The standard InChI is InChI=1S/C16H22FN5O/c1-2-18-16(19-7-3-9-22-10-4-8-21-22)20-12-13-5-6-15(23)14(17)11-13/h4-6,8,10-11,23H,2-3,7,9,12H2,1H3,(H2,18,19,20). The highest BCUT2D eigenvalue weighted by atomic mass is 19.1. The summed E-state index contributed by atoms with van der Waals surface area (Å²) in [6, 6.07) is 6.18. The van der Waals surface area contributed by atoms with Gasteiger partial charge in [-0.2, -0.15) is 5.10 Å². The Labute approximate surface area is 135 Å². The lowest BCUT2D eigenvalue weighted by atomic mass is 10.2. The van der Waals surface area contributed by atoms with Crippen molar-refractivity contribution in [3.8, 4) is 5.75 Å². The molecule has 1 aromatic carbocycles. The molecule has 23 heavy (non-hydrogen) atoms. The maximum absolute atomic E-state index is 13.3. The first-order chi connectivity index (χ1) is 11.2. The molecule has 3 N–H and O–H groups in total. The first-order valence-electron chi connectivity index (χ1n) is 7.66. The molecule has 0 fully saturated rings. The van der Waals surface area contributed by atoms with Crippen LogP contribution in [0.2, 0.25) is 0 Å². The third kappa shape index (κ3) is 5.61. The van der Waals surface area contributed by atoms with Crippen molar-refractivity contribution in [2.45, 2.75) is 26.4 Å². The summed E-state index contributed by atoms with van der Waals surface area (Å²) in [5.74, 6) is -0.294. The molecule has 7 heteroatoms. The van der Waals surface area contributed by atoms with Gasteiger partial charge in [0.05, 0.1) is 6.54 Å². The second-order valence-corrected chi connectivity index (χ2v) is 5.03. The van der Waals surface area contributed by atoms with Gasteiger partial charge in [0.25, 0.3) is 0 Å². The summed E-state index contributed by atoms with van der Waals surface area (Å²) in [6.07, 6.45) is 4.61. The molecule has 2 aromatic rings. The van der Waals surface area contributed by atoms with Crippen LogP contribution < -0.4 is 10.6 Å². The highest BCUT2D eigenvalue weighted by molar-refractivity contribution is 5.79. The summed E-state index contributed by atoms with van der Waals surface area (Å²) in [7, 11) is 0. The summed E-state index contributed by atoms with van der Waals surface area (Å²) in [5.41, 5.74) is 0.703. The van der Waals surface area contributed by atoms with Crippen LogP contribution >= 0.6 is 0 Å². The Morgan fingerprint density at radius 3 is 2.96 bits per heavy atom. The molecule has 124 valence electrons. The fourth-order valence-electron chi connectivity index (χ4n) is 2.04. The van der Waals surface area contributed by atoms with E-state index in [1.54, 1.807) is 12.3 Å². The largest absolute Gasteiger partial charge is 0.505 e. The van der Waals surface area contributed by atoms with Gasteiger partial charge >= 0.3 is 0 Å². The number of aromatic nitrogens is 2. The fraction of sp³-hybridized carbons (Fsp3) is 0.375. The fourth-order valence-corrected chi connectivity index (χ4v) is 2.04. The molecule has 1 heterocycles. The molecular formula is C16H22FN5O. The SMILES string of the molecule is CCNC(=NCc1ccc(O)c(F)c1)NCCCn1cccn1. The Kier molecular flexibility index (Phi) is 6.40. The van der Waals surface area contributed by atoms with E-state index in [4.69, 9.17) is 0 Å². The van der Waals surface area contributed by atoms with E-state index in [0.717, 1.165) is 26.1 Å². The zero-order chi connectivity index (χ0) is 16.5. The van der Waals surface area contributed by atoms with Gasteiger partial charge in [-0.15, -0.1) is 0 Å². The average Bonchev–Trinajstić information content (AvgIpc) is 3.05. The number of aliphatic imine (C=N–C) groups is 1. The molecule has 0 amide bonds. The van der Waals surface area contributed by atoms with Crippen molar-refractivity contribution in [2.75, 3.05) is 13.1 Å². The third-order valence-electron chi connectivity index (χ3n) is 3.19. The van der Waals surface area contributed by atoms with E-state index < -0.39 is 5.82 Å². The van der Waals surface area contributed by atoms with Crippen LogP contribution in [0.25, 0.3) is 0 Å². The zero-order valence-electron chi connectivity index (χ0n) is 13.2. The highest BCUT2D eigenvalue weighted by Crippen LogP contribution is 2.16. The second kappa shape index (κ2) is 8.77. The van der Waals surface area contributed by atoms with E-state index in [1.165, 1.54) is 12.1 Å². The van der Waals surface area contributed by atoms with Crippen molar-refractivity contribution in [1.29, 1.82) is 0 Å².